The topological polar surface area (TPSA) is 91.8 Å². The summed E-state index contributed by atoms with van der Waals surface area (Å²) in [5.74, 6) is -2.21. The molecule has 1 amide bonds. The molecule has 0 radical (unpaired) electrons. The number of carboxylic acid groups (broad SMARTS) is 1. The quantitative estimate of drug-likeness (QED) is 0.340. The van der Waals surface area contributed by atoms with Crippen molar-refractivity contribution in [1.29, 1.82) is 0 Å². The molecule has 2 aromatic carbocycles. The van der Waals surface area contributed by atoms with Crippen LogP contribution in [0, 0.1) is 11.8 Å². The van der Waals surface area contributed by atoms with Crippen molar-refractivity contribution in [2.75, 3.05) is 13.1 Å². The van der Waals surface area contributed by atoms with Crippen LogP contribution in [0.15, 0.2) is 53.4 Å². The van der Waals surface area contributed by atoms with Crippen LogP contribution in [-0.2, 0) is 29.8 Å². The lowest BCUT2D eigenvalue weighted by Gasteiger charge is -2.33. The molecular formula is C30H30F7NO5S. The van der Waals surface area contributed by atoms with Crippen molar-refractivity contribution in [3.8, 4) is 0 Å². The van der Waals surface area contributed by atoms with Crippen LogP contribution in [0.4, 0.5) is 30.7 Å². The first kappa shape index (κ1) is 32.2. The molecule has 0 unspecified atom stereocenters. The number of amides is 1. The second-order valence-electron chi connectivity index (χ2n) is 12.0. The Labute approximate surface area is 249 Å². The number of hydrogen-bond acceptors (Lipinski definition) is 4. The number of carboxylic acids is 1. The zero-order valence-electron chi connectivity index (χ0n) is 23.3. The zero-order chi connectivity index (χ0) is 32.3. The Bertz CT molecular complexity index is 1500. The maximum Gasteiger partial charge on any atom is 0.435 e. The molecule has 1 atom stereocenters. The van der Waals surface area contributed by atoms with Crippen molar-refractivity contribution in [1.82, 2.24) is 4.90 Å². The number of aliphatic carboxylic acids is 1. The summed E-state index contributed by atoms with van der Waals surface area (Å²) >= 11 is 0. The predicted octanol–water partition coefficient (Wildman–Crippen LogP) is 6.65. The van der Waals surface area contributed by atoms with Crippen LogP contribution in [0.5, 0.6) is 0 Å². The van der Waals surface area contributed by atoms with Gasteiger partial charge in [-0.25, -0.2) is 12.8 Å². The van der Waals surface area contributed by atoms with E-state index in [1.807, 2.05) is 0 Å². The summed E-state index contributed by atoms with van der Waals surface area (Å²) in [6.07, 6.45) is -9.89. The van der Waals surface area contributed by atoms with Crippen molar-refractivity contribution >= 4 is 21.7 Å². The van der Waals surface area contributed by atoms with Crippen LogP contribution in [-0.4, -0.2) is 55.7 Å². The van der Waals surface area contributed by atoms with Crippen molar-refractivity contribution in [2.24, 2.45) is 11.8 Å². The minimum Gasteiger partial charge on any atom is -0.481 e. The number of alkyl halides is 7. The van der Waals surface area contributed by atoms with Crippen LogP contribution in [0.2, 0.25) is 0 Å². The molecule has 0 aromatic heterocycles. The molecule has 6 nitrogen and oxygen atoms in total. The Hall–Kier alpha value is -3.16. The fraction of sp³-hybridized carbons (Fsp3) is 0.533. The fourth-order valence-electron chi connectivity index (χ4n) is 6.48. The number of sulfone groups is 1. The number of likely N-dealkylation sites (tertiary alicyclic amines) is 1. The number of carbonyl (C=O) groups is 2. The molecule has 240 valence electrons. The van der Waals surface area contributed by atoms with Gasteiger partial charge in [-0.1, -0.05) is 36.4 Å². The number of halogens is 7. The average molecular weight is 650 g/mol. The van der Waals surface area contributed by atoms with Gasteiger partial charge in [0.25, 0.3) is 0 Å². The third-order valence-corrected chi connectivity index (χ3v) is 11.8. The summed E-state index contributed by atoms with van der Waals surface area (Å²) in [4.78, 5) is 26.0. The van der Waals surface area contributed by atoms with E-state index < -0.39 is 68.4 Å². The molecule has 1 aliphatic heterocycles. The van der Waals surface area contributed by atoms with Gasteiger partial charge < -0.3 is 10.0 Å². The average Bonchev–Trinajstić information content (AvgIpc) is 3.72. The van der Waals surface area contributed by atoms with E-state index in [4.69, 9.17) is 0 Å². The molecule has 2 saturated carbocycles. The van der Waals surface area contributed by atoms with E-state index in [0.29, 0.717) is 18.1 Å². The molecule has 1 heterocycles. The predicted molar refractivity (Wildman–Crippen MR) is 143 cm³/mol. The van der Waals surface area contributed by atoms with Gasteiger partial charge in [0.1, 0.15) is 4.75 Å². The van der Waals surface area contributed by atoms with Gasteiger partial charge in [-0.15, -0.1) is 0 Å². The molecule has 14 heteroatoms. The van der Waals surface area contributed by atoms with E-state index in [1.165, 1.54) is 17.0 Å². The molecule has 5 rings (SSSR count). The number of rotatable bonds is 7. The van der Waals surface area contributed by atoms with Gasteiger partial charge in [0.2, 0.25) is 5.91 Å². The van der Waals surface area contributed by atoms with E-state index in [9.17, 15) is 53.8 Å². The number of hydrogen-bond donors (Lipinski definition) is 1. The molecule has 2 aromatic rings. The largest absolute Gasteiger partial charge is 0.481 e. The van der Waals surface area contributed by atoms with Gasteiger partial charge in [-0.2, -0.15) is 26.3 Å². The van der Waals surface area contributed by atoms with Crippen molar-refractivity contribution in [2.45, 2.75) is 78.5 Å². The summed E-state index contributed by atoms with van der Waals surface area (Å²) < 4.78 is 122. The maximum atomic E-state index is 14.7. The van der Waals surface area contributed by atoms with Crippen LogP contribution in [0.25, 0.3) is 0 Å². The molecule has 3 aliphatic rings. The van der Waals surface area contributed by atoms with Crippen LogP contribution in [0.1, 0.15) is 67.6 Å². The molecule has 0 bridgehead atoms. The Morgan fingerprint density at radius 2 is 1.30 bits per heavy atom. The standard InChI is InChI=1S/C30H30F7NO5S/c31-28(29(32,33)34,30(35,36)37)23-11-9-22(10-12-23)27(44(42,43)24-13-7-19(8-14-24)18-1-2-18)15-16-38(17-27)25(39)20-3-5-21(6-4-20)26(40)41/h7-14,18,20-21H,1-6,15-17H2,(H,40,41)/t20-,21-,27-/m0/s1. The van der Waals surface area contributed by atoms with Crippen molar-refractivity contribution in [3.05, 3.63) is 65.2 Å². The first-order chi connectivity index (χ1) is 20.4. The molecule has 0 spiro atoms. The fourth-order valence-corrected chi connectivity index (χ4v) is 8.56. The van der Waals surface area contributed by atoms with Gasteiger partial charge in [-0.05, 0) is 74.1 Å². The number of carbonyl (C=O) groups excluding carboxylic acids is 1. The third-order valence-electron chi connectivity index (χ3n) is 9.31. The van der Waals surface area contributed by atoms with Crippen molar-refractivity contribution < 1.29 is 53.8 Å². The second kappa shape index (κ2) is 11.0. The molecule has 3 fully saturated rings. The molecule has 1 saturated heterocycles. The van der Waals surface area contributed by atoms with Crippen LogP contribution < -0.4 is 0 Å². The highest BCUT2D eigenvalue weighted by atomic mass is 32.2. The summed E-state index contributed by atoms with van der Waals surface area (Å²) in [6, 6.07) is 8.21. The van der Waals surface area contributed by atoms with E-state index in [1.54, 1.807) is 12.1 Å². The smallest absolute Gasteiger partial charge is 0.435 e. The van der Waals surface area contributed by atoms with Gasteiger partial charge in [0.15, 0.2) is 9.84 Å². The second-order valence-corrected chi connectivity index (χ2v) is 14.2. The Kier molecular flexibility index (Phi) is 8.08. The number of benzene rings is 2. The van der Waals surface area contributed by atoms with E-state index >= 15 is 0 Å². The Morgan fingerprint density at radius 1 is 0.773 bits per heavy atom. The molecule has 1 N–H and O–H groups in total. The minimum absolute atomic E-state index is 0.0724. The highest BCUT2D eigenvalue weighted by molar-refractivity contribution is 7.92. The SMILES string of the molecule is O=C(O)[C@H]1CC[C@H](C(=O)N2CC[C@](c3ccc(C(F)(C(F)(F)F)C(F)(F)F)cc3)(S(=O)(=O)c3ccc(C4CC4)cc3)C2)CC1. The normalized spacial score (nSPS) is 25.2. The highest BCUT2D eigenvalue weighted by Crippen LogP contribution is 2.54. The monoisotopic (exact) mass is 649 g/mol. The minimum atomic E-state index is -6.34. The Morgan fingerprint density at radius 3 is 1.77 bits per heavy atom. The molecule has 44 heavy (non-hydrogen) atoms. The highest BCUT2D eigenvalue weighted by Gasteiger charge is 2.73. The maximum absolute atomic E-state index is 14.7. The first-order valence-electron chi connectivity index (χ1n) is 14.2. The summed E-state index contributed by atoms with van der Waals surface area (Å²) in [5.41, 5.74) is -6.68. The van der Waals surface area contributed by atoms with Gasteiger partial charge in [0.05, 0.1) is 10.8 Å². The zero-order valence-corrected chi connectivity index (χ0v) is 24.1. The summed E-state index contributed by atoms with van der Waals surface area (Å²) in [5, 5.41) is 9.27. The lowest BCUT2D eigenvalue weighted by atomic mass is 9.81. The van der Waals surface area contributed by atoms with Gasteiger partial charge >= 0.3 is 24.0 Å². The lowest BCUT2D eigenvalue weighted by Crippen LogP contribution is -2.50. The summed E-state index contributed by atoms with van der Waals surface area (Å²) in [7, 11) is -4.41. The van der Waals surface area contributed by atoms with E-state index in [-0.39, 0.29) is 49.1 Å². The molecule has 2 aliphatic carbocycles. The Balaban J connectivity index is 1.52. The number of nitrogens with zero attached hydrogens (tertiary/aromatic N) is 1. The third kappa shape index (κ3) is 5.36. The van der Waals surface area contributed by atoms with Gasteiger partial charge in [-0.3, -0.25) is 9.59 Å². The van der Waals surface area contributed by atoms with Crippen molar-refractivity contribution in [3.63, 3.8) is 0 Å². The van der Waals surface area contributed by atoms with E-state index in [0.717, 1.165) is 30.5 Å². The van der Waals surface area contributed by atoms with Crippen LogP contribution >= 0.6 is 0 Å². The van der Waals surface area contributed by atoms with Crippen LogP contribution in [0.3, 0.4) is 0 Å². The lowest BCUT2D eigenvalue weighted by molar-refractivity contribution is -0.348. The molecular weight excluding hydrogens is 619 g/mol. The van der Waals surface area contributed by atoms with Gasteiger partial charge in [0, 0.05) is 24.6 Å². The first-order valence-corrected chi connectivity index (χ1v) is 15.7. The van der Waals surface area contributed by atoms with E-state index in [2.05, 4.69) is 0 Å². The summed E-state index contributed by atoms with van der Waals surface area (Å²) in [6.45, 7) is -0.507.